The molecule has 0 unspecified atom stereocenters. The monoisotopic (exact) mass is 260 g/mol. The first-order chi connectivity index (χ1) is 8.60. The van der Waals surface area contributed by atoms with Gasteiger partial charge in [0.05, 0.1) is 5.56 Å². The Morgan fingerprint density at radius 1 is 1.44 bits per heavy atom. The van der Waals surface area contributed by atoms with Crippen LogP contribution < -0.4 is 0 Å². The van der Waals surface area contributed by atoms with Crippen molar-refractivity contribution in [2.75, 3.05) is 0 Å². The van der Waals surface area contributed by atoms with E-state index in [0.717, 1.165) is 17.5 Å². The van der Waals surface area contributed by atoms with E-state index >= 15 is 0 Å². The second kappa shape index (κ2) is 4.94. The molecule has 0 aliphatic rings. The van der Waals surface area contributed by atoms with Crippen molar-refractivity contribution < 1.29 is 14.3 Å². The average molecular weight is 260 g/mol. The Morgan fingerprint density at radius 3 is 2.83 bits per heavy atom. The van der Waals surface area contributed by atoms with Crippen molar-refractivity contribution in [2.24, 2.45) is 0 Å². The van der Waals surface area contributed by atoms with Crippen LogP contribution in [0.1, 0.15) is 21.8 Å². The molecule has 0 aromatic carbocycles. The molecule has 0 aliphatic carbocycles. The minimum Gasteiger partial charge on any atom is -0.475 e. The zero-order valence-corrected chi connectivity index (χ0v) is 10.2. The number of hydrogen-bond donors (Lipinski definition) is 1. The van der Waals surface area contributed by atoms with Crippen LogP contribution in [0.25, 0.3) is 0 Å². The van der Waals surface area contributed by atoms with E-state index < -0.39 is 5.97 Å². The maximum absolute atomic E-state index is 10.7. The lowest BCUT2D eigenvalue weighted by Crippen LogP contribution is -1.91. The van der Waals surface area contributed by atoms with Gasteiger partial charge in [-0.05, 0) is 43.0 Å². The molecular weight excluding hydrogens is 252 g/mol. The smallest absolute Gasteiger partial charge is 0.371 e. The molecule has 2 aromatic heterocycles. The number of carbonyl (C=O) groups is 1. The van der Waals surface area contributed by atoms with Crippen molar-refractivity contribution in [2.45, 2.75) is 17.0 Å². The highest BCUT2D eigenvalue weighted by atomic mass is 32.2. The molecule has 2 heterocycles. The molecule has 2 rings (SSSR count). The number of nitriles is 1. The second-order valence-corrected chi connectivity index (χ2v) is 4.44. The van der Waals surface area contributed by atoms with Gasteiger partial charge in [-0.15, -0.1) is 0 Å². The SMILES string of the molecule is Cc1ccc(C#N)c(Sc2ccc(C(=O)O)o2)n1. The summed E-state index contributed by atoms with van der Waals surface area (Å²) in [7, 11) is 0. The van der Waals surface area contributed by atoms with Crippen molar-refractivity contribution in [1.29, 1.82) is 5.26 Å². The topological polar surface area (TPSA) is 87.1 Å². The minimum atomic E-state index is -1.13. The molecule has 18 heavy (non-hydrogen) atoms. The van der Waals surface area contributed by atoms with E-state index in [1.54, 1.807) is 18.2 Å². The third-order valence-electron chi connectivity index (χ3n) is 2.11. The van der Waals surface area contributed by atoms with Crippen LogP contribution in [-0.2, 0) is 0 Å². The first-order valence-corrected chi connectivity index (χ1v) is 5.80. The summed E-state index contributed by atoms with van der Waals surface area (Å²) in [5.41, 5.74) is 1.21. The van der Waals surface area contributed by atoms with Crippen molar-refractivity contribution in [3.8, 4) is 6.07 Å². The molecule has 90 valence electrons. The summed E-state index contributed by atoms with van der Waals surface area (Å²) in [6, 6.07) is 8.36. The number of furan rings is 1. The van der Waals surface area contributed by atoms with E-state index in [2.05, 4.69) is 4.98 Å². The van der Waals surface area contributed by atoms with E-state index in [9.17, 15) is 4.79 Å². The fraction of sp³-hybridized carbons (Fsp3) is 0.0833. The number of aromatic carboxylic acids is 1. The highest BCUT2D eigenvalue weighted by Crippen LogP contribution is 2.30. The molecule has 0 saturated carbocycles. The molecule has 6 heteroatoms. The fourth-order valence-corrected chi connectivity index (χ4v) is 2.15. The Hall–Kier alpha value is -2.26. The summed E-state index contributed by atoms with van der Waals surface area (Å²) >= 11 is 1.13. The van der Waals surface area contributed by atoms with Gasteiger partial charge in [0.25, 0.3) is 0 Å². The van der Waals surface area contributed by atoms with Gasteiger partial charge in [-0.25, -0.2) is 9.78 Å². The lowest BCUT2D eigenvalue weighted by molar-refractivity contribution is 0.0656. The van der Waals surface area contributed by atoms with Gasteiger partial charge < -0.3 is 9.52 Å². The predicted octanol–water partition coefficient (Wildman–Crippen LogP) is 2.70. The summed E-state index contributed by atoms with van der Waals surface area (Å²) in [5, 5.41) is 18.6. The third-order valence-corrected chi connectivity index (χ3v) is 3.03. The van der Waals surface area contributed by atoms with Crippen molar-refractivity contribution in [1.82, 2.24) is 4.98 Å². The number of nitrogens with zero attached hydrogens (tertiary/aromatic N) is 2. The number of carboxylic acids is 1. The van der Waals surface area contributed by atoms with Gasteiger partial charge in [-0.2, -0.15) is 5.26 Å². The molecule has 5 nitrogen and oxygen atoms in total. The molecular formula is C12H8N2O3S. The van der Waals surface area contributed by atoms with Crippen LogP contribution in [0.5, 0.6) is 0 Å². The molecule has 0 bridgehead atoms. The number of aryl methyl sites for hydroxylation is 1. The summed E-state index contributed by atoms with van der Waals surface area (Å²) < 4.78 is 5.10. The highest BCUT2D eigenvalue weighted by Gasteiger charge is 2.12. The van der Waals surface area contributed by atoms with Crippen LogP contribution in [0.15, 0.2) is 38.8 Å². The van der Waals surface area contributed by atoms with Gasteiger partial charge in [-0.3, -0.25) is 0 Å². The van der Waals surface area contributed by atoms with Crippen LogP contribution in [0.4, 0.5) is 0 Å². The number of carboxylic acid groups (broad SMARTS) is 1. The molecule has 0 radical (unpaired) electrons. The van der Waals surface area contributed by atoms with E-state index in [0.29, 0.717) is 15.7 Å². The van der Waals surface area contributed by atoms with Crippen molar-refractivity contribution in [3.63, 3.8) is 0 Å². The van der Waals surface area contributed by atoms with E-state index in [4.69, 9.17) is 14.8 Å². The number of hydrogen-bond acceptors (Lipinski definition) is 5. The number of aromatic nitrogens is 1. The molecule has 0 saturated heterocycles. The molecule has 0 aliphatic heterocycles. The van der Waals surface area contributed by atoms with Crippen molar-refractivity contribution >= 4 is 17.7 Å². The van der Waals surface area contributed by atoms with Crippen LogP contribution >= 0.6 is 11.8 Å². The zero-order valence-electron chi connectivity index (χ0n) is 9.38. The average Bonchev–Trinajstić information content (AvgIpc) is 2.78. The Morgan fingerprint density at radius 2 is 2.22 bits per heavy atom. The second-order valence-electron chi connectivity index (χ2n) is 3.44. The Labute approximate surface area is 107 Å². The first kappa shape index (κ1) is 12.2. The fourth-order valence-electron chi connectivity index (χ4n) is 1.28. The van der Waals surface area contributed by atoms with Gasteiger partial charge in [0, 0.05) is 5.69 Å². The van der Waals surface area contributed by atoms with Crippen LogP contribution in [0, 0.1) is 18.3 Å². The lowest BCUT2D eigenvalue weighted by Gasteiger charge is -2.01. The third kappa shape index (κ3) is 2.52. The Bertz CT molecular complexity index is 643. The van der Waals surface area contributed by atoms with Gasteiger partial charge in [0.1, 0.15) is 11.1 Å². The largest absolute Gasteiger partial charge is 0.475 e. The summed E-state index contributed by atoms with van der Waals surface area (Å²) in [6.07, 6.45) is 0. The molecule has 0 spiro atoms. The van der Waals surface area contributed by atoms with Gasteiger partial charge in [-0.1, -0.05) is 0 Å². The van der Waals surface area contributed by atoms with Crippen LogP contribution in [0.3, 0.4) is 0 Å². The zero-order chi connectivity index (χ0) is 13.1. The number of pyridine rings is 1. The van der Waals surface area contributed by atoms with Gasteiger partial charge in [0.2, 0.25) is 5.76 Å². The number of rotatable bonds is 3. The molecule has 0 fully saturated rings. The lowest BCUT2D eigenvalue weighted by atomic mass is 10.3. The summed E-state index contributed by atoms with van der Waals surface area (Å²) in [5.74, 6) is -1.26. The summed E-state index contributed by atoms with van der Waals surface area (Å²) in [6.45, 7) is 1.82. The van der Waals surface area contributed by atoms with Crippen LogP contribution in [-0.4, -0.2) is 16.1 Å². The Kier molecular flexibility index (Phi) is 3.35. The van der Waals surface area contributed by atoms with Gasteiger partial charge in [0.15, 0.2) is 5.09 Å². The first-order valence-electron chi connectivity index (χ1n) is 4.99. The van der Waals surface area contributed by atoms with E-state index in [-0.39, 0.29) is 5.76 Å². The Balaban J connectivity index is 2.30. The molecule has 2 aromatic rings. The highest BCUT2D eigenvalue weighted by molar-refractivity contribution is 7.99. The van der Waals surface area contributed by atoms with Crippen molar-refractivity contribution in [3.05, 3.63) is 41.3 Å². The molecule has 0 atom stereocenters. The summed E-state index contributed by atoms with van der Waals surface area (Å²) in [4.78, 5) is 14.9. The van der Waals surface area contributed by atoms with E-state index in [1.807, 2.05) is 13.0 Å². The maximum Gasteiger partial charge on any atom is 0.371 e. The van der Waals surface area contributed by atoms with Crippen LogP contribution in [0.2, 0.25) is 0 Å². The minimum absolute atomic E-state index is 0.135. The maximum atomic E-state index is 10.7. The quantitative estimate of drug-likeness (QED) is 0.912. The molecule has 0 amide bonds. The normalized spacial score (nSPS) is 10.0. The van der Waals surface area contributed by atoms with Gasteiger partial charge >= 0.3 is 5.97 Å². The predicted molar refractivity (Wildman–Crippen MR) is 63.5 cm³/mol. The molecule has 1 N–H and O–H groups in total. The standard InChI is InChI=1S/C12H8N2O3S/c1-7-2-3-8(6-13)11(14-7)18-10-5-4-9(17-10)12(15)16/h2-5H,1H3,(H,15,16). The van der Waals surface area contributed by atoms with E-state index in [1.165, 1.54) is 6.07 Å².